The SMILES string of the molecule is CC1CNc2nccc(-c3cccc(N[C@@H](C)C(=O)NCC(F)(F)F)n3)c21. The fraction of sp³-hybridized carbons (Fsp3) is 0.389. The highest BCUT2D eigenvalue weighted by molar-refractivity contribution is 5.84. The molecule has 0 saturated carbocycles. The largest absolute Gasteiger partial charge is 0.405 e. The summed E-state index contributed by atoms with van der Waals surface area (Å²) in [5.74, 6) is 0.780. The van der Waals surface area contributed by atoms with Gasteiger partial charge in [0, 0.05) is 29.8 Å². The molecule has 1 unspecified atom stereocenters. The van der Waals surface area contributed by atoms with Crippen LogP contribution >= 0.6 is 0 Å². The number of aromatic nitrogens is 2. The summed E-state index contributed by atoms with van der Waals surface area (Å²) in [7, 11) is 0. The van der Waals surface area contributed by atoms with Gasteiger partial charge in [0.25, 0.3) is 0 Å². The Kier molecular flexibility index (Phi) is 5.20. The van der Waals surface area contributed by atoms with Gasteiger partial charge in [-0.2, -0.15) is 13.2 Å². The third-order valence-corrected chi connectivity index (χ3v) is 4.30. The molecule has 3 N–H and O–H groups in total. The van der Waals surface area contributed by atoms with Gasteiger partial charge in [-0.3, -0.25) is 4.79 Å². The van der Waals surface area contributed by atoms with Crippen LogP contribution in [0.4, 0.5) is 24.8 Å². The van der Waals surface area contributed by atoms with E-state index in [1.54, 1.807) is 18.3 Å². The first-order chi connectivity index (χ1) is 12.7. The van der Waals surface area contributed by atoms with Crippen molar-refractivity contribution in [2.45, 2.75) is 32.0 Å². The predicted molar refractivity (Wildman–Crippen MR) is 96.5 cm³/mol. The summed E-state index contributed by atoms with van der Waals surface area (Å²) in [6.45, 7) is 3.02. The van der Waals surface area contributed by atoms with Crippen LogP contribution in [-0.4, -0.2) is 41.2 Å². The van der Waals surface area contributed by atoms with E-state index in [1.165, 1.54) is 6.92 Å². The van der Waals surface area contributed by atoms with Gasteiger partial charge in [0.15, 0.2) is 0 Å². The summed E-state index contributed by atoms with van der Waals surface area (Å²) < 4.78 is 36.7. The molecule has 3 heterocycles. The molecule has 1 aliphatic heterocycles. The Morgan fingerprint density at radius 1 is 1.37 bits per heavy atom. The number of carbonyl (C=O) groups excluding carboxylic acids is 1. The zero-order valence-corrected chi connectivity index (χ0v) is 14.9. The molecule has 144 valence electrons. The van der Waals surface area contributed by atoms with Crippen molar-refractivity contribution in [1.29, 1.82) is 0 Å². The van der Waals surface area contributed by atoms with Crippen LogP contribution in [-0.2, 0) is 4.79 Å². The number of halogens is 3. The summed E-state index contributed by atoms with van der Waals surface area (Å²) in [6, 6.07) is 6.32. The van der Waals surface area contributed by atoms with Gasteiger partial charge in [0.1, 0.15) is 24.2 Å². The number of hydrogen-bond donors (Lipinski definition) is 3. The van der Waals surface area contributed by atoms with Crippen molar-refractivity contribution in [3.05, 3.63) is 36.0 Å². The van der Waals surface area contributed by atoms with Crippen LogP contribution < -0.4 is 16.0 Å². The molecule has 1 amide bonds. The van der Waals surface area contributed by atoms with Crippen LogP contribution in [0.3, 0.4) is 0 Å². The lowest BCUT2D eigenvalue weighted by Gasteiger charge is -2.16. The molecule has 0 radical (unpaired) electrons. The molecule has 9 heteroatoms. The Hall–Kier alpha value is -2.84. The molecule has 0 fully saturated rings. The second-order valence-electron chi connectivity index (χ2n) is 6.51. The number of carbonyl (C=O) groups is 1. The Balaban J connectivity index is 1.76. The maximum Gasteiger partial charge on any atom is 0.405 e. The number of alkyl halides is 3. The first-order valence-corrected chi connectivity index (χ1v) is 8.56. The zero-order valence-electron chi connectivity index (χ0n) is 14.9. The van der Waals surface area contributed by atoms with E-state index in [0.29, 0.717) is 11.5 Å². The van der Waals surface area contributed by atoms with Gasteiger partial charge in [0.2, 0.25) is 5.91 Å². The molecule has 2 atom stereocenters. The van der Waals surface area contributed by atoms with E-state index in [-0.39, 0.29) is 5.92 Å². The lowest BCUT2D eigenvalue weighted by molar-refractivity contribution is -0.138. The number of nitrogens with zero attached hydrogens (tertiary/aromatic N) is 2. The summed E-state index contributed by atoms with van der Waals surface area (Å²) in [5.41, 5.74) is 2.73. The number of nitrogens with one attached hydrogen (secondary N) is 3. The average Bonchev–Trinajstić information content (AvgIpc) is 3.00. The van der Waals surface area contributed by atoms with Crippen molar-refractivity contribution < 1.29 is 18.0 Å². The third-order valence-electron chi connectivity index (χ3n) is 4.30. The zero-order chi connectivity index (χ0) is 19.6. The minimum atomic E-state index is -4.44. The van der Waals surface area contributed by atoms with Crippen molar-refractivity contribution in [3.63, 3.8) is 0 Å². The lowest BCUT2D eigenvalue weighted by atomic mass is 9.97. The van der Waals surface area contributed by atoms with Gasteiger partial charge < -0.3 is 16.0 Å². The number of amides is 1. The maximum atomic E-state index is 12.2. The van der Waals surface area contributed by atoms with Crippen LogP contribution in [0, 0.1) is 0 Å². The average molecular weight is 379 g/mol. The smallest absolute Gasteiger partial charge is 0.369 e. The first-order valence-electron chi connectivity index (χ1n) is 8.56. The number of fused-ring (bicyclic) bond motifs is 1. The predicted octanol–water partition coefficient (Wildman–Crippen LogP) is 3.15. The summed E-state index contributed by atoms with van der Waals surface area (Å²) in [4.78, 5) is 20.7. The molecule has 3 rings (SSSR count). The van der Waals surface area contributed by atoms with E-state index >= 15 is 0 Å². The van der Waals surface area contributed by atoms with Crippen LogP contribution in [0.2, 0.25) is 0 Å². The van der Waals surface area contributed by atoms with Crippen LogP contribution in [0.1, 0.15) is 25.3 Å². The van der Waals surface area contributed by atoms with Crippen molar-refractivity contribution in [3.8, 4) is 11.3 Å². The van der Waals surface area contributed by atoms with E-state index in [4.69, 9.17) is 0 Å². The van der Waals surface area contributed by atoms with Gasteiger partial charge >= 0.3 is 6.18 Å². The Bertz CT molecular complexity index is 840. The molecule has 0 aromatic carbocycles. The summed E-state index contributed by atoms with van der Waals surface area (Å²) in [6.07, 6.45) is -2.74. The number of hydrogen-bond acceptors (Lipinski definition) is 5. The standard InChI is InChI=1S/C18H20F3N5O/c1-10-8-23-16-15(10)12(6-7-22-16)13-4-3-5-14(26-13)25-11(2)17(27)24-9-18(19,20)21/h3-7,10-11H,8-9H2,1-2H3,(H,22,23)(H,24,27)(H,25,26)/t10?,11-/m0/s1. The maximum absolute atomic E-state index is 12.2. The molecule has 0 saturated heterocycles. The normalized spacial score (nSPS) is 17.0. The molecular formula is C18H20F3N5O. The van der Waals surface area contributed by atoms with Crippen LogP contribution in [0.5, 0.6) is 0 Å². The molecule has 0 spiro atoms. The fourth-order valence-electron chi connectivity index (χ4n) is 2.98. The fourth-order valence-corrected chi connectivity index (χ4v) is 2.98. The monoisotopic (exact) mass is 379 g/mol. The van der Waals surface area contributed by atoms with Crippen molar-refractivity contribution in [1.82, 2.24) is 15.3 Å². The van der Waals surface area contributed by atoms with Gasteiger partial charge in [-0.25, -0.2) is 9.97 Å². The number of anilines is 2. The molecule has 27 heavy (non-hydrogen) atoms. The second kappa shape index (κ2) is 7.42. The Morgan fingerprint density at radius 2 is 2.15 bits per heavy atom. The van der Waals surface area contributed by atoms with E-state index < -0.39 is 24.7 Å². The van der Waals surface area contributed by atoms with Gasteiger partial charge in [-0.15, -0.1) is 0 Å². The first kappa shape index (κ1) is 18.9. The Labute approximate surface area is 154 Å². The van der Waals surface area contributed by atoms with E-state index in [2.05, 4.69) is 27.5 Å². The molecule has 2 aromatic rings. The van der Waals surface area contributed by atoms with Gasteiger partial charge in [-0.05, 0) is 25.1 Å². The quantitative estimate of drug-likeness (QED) is 0.744. The number of rotatable bonds is 5. The minimum Gasteiger partial charge on any atom is -0.369 e. The highest BCUT2D eigenvalue weighted by Gasteiger charge is 2.29. The lowest BCUT2D eigenvalue weighted by Crippen LogP contribution is -2.42. The highest BCUT2D eigenvalue weighted by Crippen LogP contribution is 2.37. The topological polar surface area (TPSA) is 78.9 Å². The van der Waals surface area contributed by atoms with Gasteiger partial charge in [-0.1, -0.05) is 13.0 Å². The third kappa shape index (κ3) is 4.47. The van der Waals surface area contributed by atoms with Crippen molar-refractivity contribution >= 4 is 17.5 Å². The molecule has 0 bridgehead atoms. The highest BCUT2D eigenvalue weighted by atomic mass is 19.4. The van der Waals surface area contributed by atoms with Crippen molar-refractivity contribution in [2.75, 3.05) is 23.7 Å². The Morgan fingerprint density at radius 3 is 2.89 bits per heavy atom. The van der Waals surface area contributed by atoms with Crippen LogP contribution in [0.15, 0.2) is 30.5 Å². The van der Waals surface area contributed by atoms with E-state index in [9.17, 15) is 18.0 Å². The molecule has 0 aliphatic carbocycles. The molecule has 2 aromatic heterocycles. The van der Waals surface area contributed by atoms with E-state index in [1.807, 2.05) is 17.4 Å². The van der Waals surface area contributed by atoms with E-state index in [0.717, 1.165) is 23.5 Å². The van der Waals surface area contributed by atoms with Crippen molar-refractivity contribution in [2.24, 2.45) is 0 Å². The summed E-state index contributed by atoms with van der Waals surface area (Å²) in [5, 5.41) is 7.95. The summed E-state index contributed by atoms with van der Waals surface area (Å²) >= 11 is 0. The van der Waals surface area contributed by atoms with Crippen LogP contribution in [0.25, 0.3) is 11.3 Å². The van der Waals surface area contributed by atoms with Gasteiger partial charge in [0.05, 0.1) is 5.69 Å². The second-order valence-corrected chi connectivity index (χ2v) is 6.51. The number of pyridine rings is 2. The minimum absolute atomic E-state index is 0.286. The molecular weight excluding hydrogens is 359 g/mol. The molecule has 1 aliphatic rings. The molecule has 6 nitrogen and oxygen atoms in total.